The fraction of sp³-hybridized carbons (Fsp3) is 0.588. The molecule has 4 atom stereocenters. The van der Waals surface area contributed by atoms with Crippen molar-refractivity contribution in [1.82, 2.24) is 10.2 Å². The minimum absolute atomic E-state index is 0.108. The van der Waals surface area contributed by atoms with Gasteiger partial charge < -0.3 is 20.6 Å². The van der Waals surface area contributed by atoms with Gasteiger partial charge in [-0.25, -0.2) is 0 Å². The van der Waals surface area contributed by atoms with Crippen molar-refractivity contribution in [3.63, 3.8) is 0 Å². The summed E-state index contributed by atoms with van der Waals surface area (Å²) < 4.78 is 0. The summed E-state index contributed by atoms with van der Waals surface area (Å²) in [5.74, 6) is -0.187. The zero-order valence-electron chi connectivity index (χ0n) is 13.4. The van der Waals surface area contributed by atoms with Gasteiger partial charge in [0, 0.05) is 19.5 Å². The minimum atomic E-state index is -1.04. The third-order valence-electron chi connectivity index (χ3n) is 4.58. The molecule has 1 aliphatic heterocycles. The Balaban J connectivity index is 2.00. The third kappa shape index (κ3) is 4.29. The van der Waals surface area contributed by atoms with Gasteiger partial charge in [-0.1, -0.05) is 30.3 Å². The van der Waals surface area contributed by atoms with Gasteiger partial charge in [0.1, 0.15) is 0 Å². The van der Waals surface area contributed by atoms with Gasteiger partial charge in [-0.15, -0.1) is 0 Å². The second-order valence-corrected chi connectivity index (χ2v) is 6.00. The molecule has 0 aromatic heterocycles. The molecule has 1 aromatic rings. The monoisotopic (exact) mass is 322 g/mol. The molecule has 1 fully saturated rings. The number of rotatable bonds is 7. The van der Waals surface area contributed by atoms with Crippen LogP contribution in [-0.2, 0) is 11.2 Å². The first-order chi connectivity index (χ1) is 11.1. The van der Waals surface area contributed by atoms with Crippen LogP contribution in [0, 0.1) is 0 Å². The topological polar surface area (TPSA) is 93.0 Å². The lowest BCUT2D eigenvalue weighted by atomic mass is 10.1. The minimum Gasteiger partial charge on any atom is -0.395 e. The first-order valence-corrected chi connectivity index (χ1v) is 8.05. The second-order valence-electron chi connectivity index (χ2n) is 6.00. The van der Waals surface area contributed by atoms with Gasteiger partial charge in [0.15, 0.2) is 0 Å². The van der Waals surface area contributed by atoms with Crippen LogP contribution in [0.15, 0.2) is 30.3 Å². The Hall–Kier alpha value is -1.47. The molecule has 0 bridgehead atoms. The Bertz CT molecular complexity index is 497. The summed E-state index contributed by atoms with van der Waals surface area (Å²) in [4.78, 5) is 13.5. The van der Waals surface area contributed by atoms with Crippen molar-refractivity contribution >= 4 is 5.91 Å². The molecule has 128 valence electrons. The zero-order chi connectivity index (χ0) is 16.8. The van der Waals surface area contributed by atoms with Crippen LogP contribution in [0.2, 0.25) is 0 Å². The summed E-state index contributed by atoms with van der Waals surface area (Å²) in [5.41, 5.74) is 1.22. The van der Waals surface area contributed by atoms with Crippen LogP contribution in [0.25, 0.3) is 0 Å². The van der Waals surface area contributed by atoms with Gasteiger partial charge in [0.25, 0.3) is 0 Å². The van der Waals surface area contributed by atoms with E-state index in [1.54, 1.807) is 7.05 Å². The Morgan fingerprint density at radius 1 is 1.17 bits per heavy atom. The van der Waals surface area contributed by atoms with E-state index in [9.17, 15) is 20.1 Å². The van der Waals surface area contributed by atoms with Gasteiger partial charge in [0.2, 0.25) is 5.91 Å². The maximum Gasteiger partial charge on any atom is 0.221 e. The lowest BCUT2D eigenvalue weighted by Crippen LogP contribution is -2.44. The highest BCUT2D eigenvalue weighted by molar-refractivity contribution is 5.76. The van der Waals surface area contributed by atoms with Gasteiger partial charge >= 0.3 is 0 Å². The molecular formula is C17H26N2O4. The van der Waals surface area contributed by atoms with Crippen LogP contribution < -0.4 is 5.32 Å². The molecule has 1 amide bonds. The number of nitrogens with one attached hydrogen (secondary N) is 1. The van der Waals surface area contributed by atoms with Crippen LogP contribution in [0.5, 0.6) is 0 Å². The van der Waals surface area contributed by atoms with Crippen molar-refractivity contribution in [2.75, 3.05) is 20.2 Å². The summed E-state index contributed by atoms with van der Waals surface area (Å²) in [7, 11) is 1.55. The highest BCUT2D eigenvalue weighted by Crippen LogP contribution is 2.27. The maximum atomic E-state index is 11.7. The second kappa shape index (κ2) is 8.40. The van der Waals surface area contributed by atoms with Crippen molar-refractivity contribution in [1.29, 1.82) is 0 Å². The molecule has 1 aliphatic rings. The molecule has 2 rings (SSSR count). The van der Waals surface area contributed by atoms with E-state index in [0.717, 1.165) is 12.8 Å². The quantitative estimate of drug-likeness (QED) is 0.544. The Kier molecular flexibility index (Phi) is 6.53. The van der Waals surface area contributed by atoms with Crippen molar-refractivity contribution < 1.29 is 20.1 Å². The van der Waals surface area contributed by atoms with Crippen molar-refractivity contribution in [2.45, 2.75) is 43.6 Å². The molecule has 1 aromatic carbocycles. The van der Waals surface area contributed by atoms with E-state index in [1.165, 1.54) is 5.56 Å². The number of aliphatic hydroxyl groups excluding tert-OH is 3. The van der Waals surface area contributed by atoms with E-state index in [2.05, 4.69) is 17.4 Å². The Morgan fingerprint density at radius 2 is 1.83 bits per heavy atom. The van der Waals surface area contributed by atoms with Crippen LogP contribution in [0.4, 0.5) is 0 Å². The molecular weight excluding hydrogens is 296 g/mol. The molecule has 0 spiro atoms. The lowest BCUT2D eigenvalue weighted by molar-refractivity contribution is -0.122. The molecule has 6 heteroatoms. The highest BCUT2D eigenvalue weighted by Gasteiger charge is 2.47. The predicted molar refractivity (Wildman–Crippen MR) is 86.8 cm³/mol. The van der Waals surface area contributed by atoms with E-state index in [-0.39, 0.29) is 18.9 Å². The first kappa shape index (κ1) is 17.9. The molecule has 0 saturated carbocycles. The summed E-state index contributed by atoms with van der Waals surface area (Å²) in [6, 6.07) is 9.05. The Morgan fingerprint density at radius 3 is 2.43 bits per heavy atom. The number of carbonyl (C=O) groups excluding carboxylic acids is 1. The van der Waals surface area contributed by atoms with Crippen LogP contribution in [0.1, 0.15) is 18.4 Å². The van der Waals surface area contributed by atoms with Crippen LogP contribution in [-0.4, -0.2) is 70.6 Å². The van der Waals surface area contributed by atoms with Crippen LogP contribution >= 0.6 is 0 Å². The zero-order valence-corrected chi connectivity index (χ0v) is 13.4. The van der Waals surface area contributed by atoms with Gasteiger partial charge in [-0.3, -0.25) is 9.69 Å². The number of hydrogen-bond acceptors (Lipinski definition) is 5. The van der Waals surface area contributed by atoms with E-state index in [1.807, 2.05) is 23.1 Å². The molecule has 0 radical (unpaired) electrons. The first-order valence-electron chi connectivity index (χ1n) is 8.05. The van der Waals surface area contributed by atoms with E-state index < -0.39 is 24.3 Å². The smallest absolute Gasteiger partial charge is 0.221 e. The average Bonchev–Trinajstić information content (AvgIpc) is 2.80. The SMILES string of the molecule is CNC(=O)C[C@@H]1[C@H](O)[C@H](O)[C@@H](CO)N1CCCc1ccccc1. The van der Waals surface area contributed by atoms with Crippen molar-refractivity contribution in [3.05, 3.63) is 35.9 Å². The molecule has 1 heterocycles. The summed E-state index contributed by atoms with van der Waals surface area (Å²) in [6.07, 6.45) is -0.262. The summed E-state index contributed by atoms with van der Waals surface area (Å²) >= 11 is 0. The standard InChI is InChI=1S/C17H26N2O4/c1-18-15(21)10-13-16(22)17(23)14(11-20)19(13)9-5-8-12-6-3-2-4-7-12/h2-4,6-7,13-14,16-17,20,22-23H,5,8-11H2,1H3,(H,18,21)/t13-,14-,16+,17-/m1/s1. The van der Waals surface area contributed by atoms with E-state index in [4.69, 9.17) is 0 Å². The third-order valence-corrected chi connectivity index (χ3v) is 4.58. The molecule has 1 saturated heterocycles. The lowest BCUT2D eigenvalue weighted by Gasteiger charge is -2.29. The number of benzene rings is 1. The van der Waals surface area contributed by atoms with Crippen molar-refractivity contribution in [2.24, 2.45) is 0 Å². The van der Waals surface area contributed by atoms with E-state index >= 15 is 0 Å². The van der Waals surface area contributed by atoms with Gasteiger partial charge in [0.05, 0.1) is 24.9 Å². The number of aryl methyl sites for hydroxylation is 1. The molecule has 6 nitrogen and oxygen atoms in total. The fourth-order valence-electron chi connectivity index (χ4n) is 3.28. The predicted octanol–water partition coefficient (Wildman–Crippen LogP) is -0.478. The molecule has 0 aliphatic carbocycles. The molecule has 23 heavy (non-hydrogen) atoms. The summed E-state index contributed by atoms with van der Waals surface area (Å²) in [5, 5.41) is 32.4. The van der Waals surface area contributed by atoms with Gasteiger partial charge in [-0.05, 0) is 24.9 Å². The average molecular weight is 322 g/mol. The summed E-state index contributed by atoms with van der Waals surface area (Å²) in [6.45, 7) is 0.365. The maximum absolute atomic E-state index is 11.7. The number of amides is 1. The fourth-order valence-corrected chi connectivity index (χ4v) is 3.28. The number of carbonyl (C=O) groups is 1. The number of likely N-dealkylation sites (tertiary alicyclic amines) is 1. The van der Waals surface area contributed by atoms with Gasteiger partial charge in [-0.2, -0.15) is 0 Å². The highest BCUT2D eigenvalue weighted by atomic mass is 16.3. The number of nitrogens with zero attached hydrogens (tertiary/aromatic N) is 1. The van der Waals surface area contributed by atoms with E-state index in [0.29, 0.717) is 6.54 Å². The number of hydrogen-bond donors (Lipinski definition) is 4. The normalized spacial score (nSPS) is 28.0. The largest absolute Gasteiger partial charge is 0.395 e. The molecule has 0 unspecified atom stereocenters. The van der Waals surface area contributed by atoms with Crippen molar-refractivity contribution in [3.8, 4) is 0 Å². The Labute approximate surface area is 136 Å². The molecule has 4 N–H and O–H groups in total. The van der Waals surface area contributed by atoms with Crippen LogP contribution in [0.3, 0.4) is 0 Å². The number of aliphatic hydroxyl groups is 3.